The summed E-state index contributed by atoms with van der Waals surface area (Å²) in [6.45, 7) is 4.25. The second kappa shape index (κ2) is 4.07. The van der Waals surface area contributed by atoms with Gasteiger partial charge in [0.15, 0.2) is 0 Å². The number of hydrogen-bond acceptors (Lipinski definition) is 2. The quantitative estimate of drug-likeness (QED) is 0.653. The van der Waals surface area contributed by atoms with Crippen LogP contribution in [0.3, 0.4) is 0 Å². The van der Waals surface area contributed by atoms with E-state index < -0.39 is 0 Å². The van der Waals surface area contributed by atoms with E-state index in [-0.39, 0.29) is 27.0 Å². The molecule has 12 heavy (non-hydrogen) atoms. The number of nitrogens with one attached hydrogen (secondary N) is 1. The van der Waals surface area contributed by atoms with E-state index >= 15 is 0 Å². The molecule has 0 fully saturated rings. The van der Waals surface area contributed by atoms with Gasteiger partial charge >= 0.3 is 83.1 Å². The van der Waals surface area contributed by atoms with Crippen molar-refractivity contribution in [2.24, 2.45) is 5.92 Å². The van der Waals surface area contributed by atoms with E-state index in [1.165, 1.54) is 0 Å². The van der Waals surface area contributed by atoms with Gasteiger partial charge in [-0.3, -0.25) is 0 Å². The predicted octanol–water partition coefficient (Wildman–Crippen LogP) is -0.562. The standard InChI is InChI=1S/C9H13INO/c1-6(2)3-7-4-10-5-8(12)9(7)11/h4-6,11-12H,3H2,1-2H3/q-1. The molecule has 0 unspecified atom stereocenters. The normalized spacial score (nSPS) is 18.4. The Kier molecular flexibility index (Phi) is 3.31. The summed E-state index contributed by atoms with van der Waals surface area (Å²) >= 11 is -0.140. The summed E-state index contributed by atoms with van der Waals surface area (Å²) in [6, 6.07) is 0. The minimum absolute atomic E-state index is 0.140. The average molecular weight is 278 g/mol. The summed E-state index contributed by atoms with van der Waals surface area (Å²) in [5.41, 5.74) is 1.35. The van der Waals surface area contributed by atoms with Crippen LogP contribution < -0.4 is 21.2 Å². The molecule has 2 nitrogen and oxygen atoms in total. The number of hydrogen-bond donors (Lipinski definition) is 2. The van der Waals surface area contributed by atoms with Gasteiger partial charge in [0, 0.05) is 0 Å². The van der Waals surface area contributed by atoms with Crippen molar-refractivity contribution >= 4 is 5.71 Å². The number of halogens is 1. The third-order valence-electron chi connectivity index (χ3n) is 1.57. The molecule has 0 aliphatic carbocycles. The van der Waals surface area contributed by atoms with Gasteiger partial charge in [-0.05, 0) is 0 Å². The Labute approximate surface area is 83.1 Å². The summed E-state index contributed by atoms with van der Waals surface area (Å²) in [4.78, 5) is 0. The van der Waals surface area contributed by atoms with Crippen LogP contribution in [-0.4, -0.2) is 10.8 Å². The van der Waals surface area contributed by atoms with E-state index in [1.54, 1.807) is 4.08 Å². The molecule has 1 heterocycles. The maximum atomic E-state index is 9.28. The second-order valence-corrected chi connectivity index (χ2v) is 5.19. The van der Waals surface area contributed by atoms with E-state index in [2.05, 4.69) is 17.9 Å². The van der Waals surface area contributed by atoms with Crippen LogP contribution in [0.25, 0.3) is 0 Å². The third kappa shape index (κ3) is 2.33. The summed E-state index contributed by atoms with van der Waals surface area (Å²) in [6.07, 6.45) is 0.913. The number of rotatable bonds is 2. The molecule has 68 valence electrons. The summed E-state index contributed by atoms with van der Waals surface area (Å²) in [5.74, 6) is 0.743. The minimum atomic E-state index is -0.140. The molecule has 0 radical (unpaired) electrons. The monoisotopic (exact) mass is 278 g/mol. The maximum absolute atomic E-state index is 9.28. The van der Waals surface area contributed by atoms with Gasteiger partial charge in [-0.15, -0.1) is 0 Å². The first-order valence-electron chi connectivity index (χ1n) is 3.90. The van der Waals surface area contributed by atoms with Gasteiger partial charge in [0.2, 0.25) is 0 Å². The first-order chi connectivity index (χ1) is 5.61. The van der Waals surface area contributed by atoms with Crippen molar-refractivity contribution in [3.63, 3.8) is 0 Å². The van der Waals surface area contributed by atoms with Gasteiger partial charge in [0.05, 0.1) is 0 Å². The molecule has 0 spiro atoms. The Morgan fingerprint density at radius 1 is 1.50 bits per heavy atom. The number of aliphatic hydroxyl groups excluding tert-OH is 1. The third-order valence-corrected chi connectivity index (χ3v) is 3.63. The molecule has 3 heteroatoms. The van der Waals surface area contributed by atoms with Gasteiger partial charge in [-0.2, -0.15) is 0 Å². The van der Waals surface area contributed by atoms with E-state index in [0.29, 0.717) is 11.6 Å². The van der Waals surface area contributed by atoms with Gasteiger partial charge < -0.3 is 0 Å². The fourth-order valence-electron chi connectivity index (χ4n) is 1.03. The Morgan fingerprint density at radius 2 is 2.17 bits per heavy atom. The van der Waals surface area contributed by atoms with E-state index in [0.717, 1.165) is 12.0 Å². The Balaban J connectivity index is 2.67. The van der Waals surface area contributed by atoms with Crippen LogP contribution in [-0.2, 0) is 0 Å². The first kappa shape index (κ1) is 9.77. The Morgan fingerprint density at radius 3 is 2.75 bits per heavy atom. The molecule has 0 amide bonds. The molecule has 1 aliphatic rings. The van der Waals surface area contributed by atoms with Crippen LogP contribution in [0.5, 0.6) is 0 Å². The molecule has 0 saturated carbocycles. The molecular formula is C9H13INO-. The van der Waals surface area contributed by atoms with Crippen molar-refractivity contribution < 1.29 is 26.3 Å². The predicted molar refractivity (Wildman–Crippen MR) is 46.0 cm³/mol. The van der Waals surface area contributed by atoms with Crippen LogP contribution in [0.1, 0.15) is 20.3 Å². The zero-order valence-electron chi connectivity index (χ0n) is 7.26. The summed E-state index contributed by atoms with van der Waals surface area (Å²) < 4.78 is 3.91. The molecule has 0 atom stereocenters. The van der Waals surface area contributed by atoms with E-state index in [1.807, 2.05) is 0 Å². The Hall–Kier alpha value is -0.320. The van der Waals surface area contributed by atoms with Crippen molar-refractivity contribution in [3.8, 4) is 0 Å². The van der Waals surface area contributed by atoms with Crippen molar-refractivity contribution in [1.82, 2.24) is 0 Å². The fraction of sp³-hybridized carbons (Fsp3) is 0.444. The molecule has 1 aliphatic heterocycles. The molecule has 0 aromatic carbocycles. The molecule has 1 rings (SSSR count). The van der Waals surface area contributed by atoms with Crippen LogP contribution in [0, 0.1) is 11.3 Å². The van der Waals surface area contributed by atoms with Crippen molar-refractivity contribution in [2.75, 3.05) is 0 Å². The zero-order chi connectivity index (χ0) is 9.14. The van der Waals surface area contributed by atoms with Crippen molar-refractivity contribution in [3.05, 3.63) is 19.5 Å². The first-order valence-corrected chi connectivity index (χ1v) is 6.40. The zero-order valence-corrected chi connectivity index (χ0v) is 9.42. The van der Waals surface area contributed by atoms with Crippen LogP contribution in [0.15, 0.2) is 19.5 Å². The fourth-order valence-corrected chi connectivity index (χ4v) is 2.86. The number of aliphatic hydroxyl groups is 1. The van der Waals surface area contributed by atoms with E-state index in [4.69, 9.17) is 5.41 Å². The topological polar surface area (TPSA) is 44.1 Å². The molecule has 0 aromatic heterocycles. The van der Waals surface area contributed by atoms with Gasteiger partial charge in [0.25, 0.3) is 0 Å². The van der Waals surface area contributed by atoms with Crippen LogP contribution >= 0.6 is 0 Å². The van der Waals surface area contributed by atoms with E-state index in [9.17, 15) is 5.11 Å². The molecule has 0 aromatic rings. The number of allylic oxidation sites excluding steroid dienone is 1. The SMILES string of the molecule is CC(C)CC1=C[I-]C=C(O)C1=N. The second-order valence-electron chi connectivity index (χ2n) is 3.23. The Bertz CT molecular complexity index is 253. The summed E-state index contributed by atoms with van der Waals surface area (Å²) in [5, 5.41) is 16.9. The van der Waals surface area contributed by atoms with Crippen molar-refractivity contribution in [2.45, 2.75) is 20.3 Å². The van der Waals surface area contributed by atoms with Gasteiger partial charge in [-0.1, -0.05) is 0 Å². The van der Waals surface area contributed by atoms with Gasteiger partial charge in [-0.25, -0.2) is 0 Å². The molecular weight excluding hydrogens is 265 g/mol. The van der Waals surface area contributed by atoms with Gasteiger partial charge in [0.1, 0.15) is 0 Å². The molecule has 0 bridgehead atoms. The van der Waals surface area contributed by atoms with Crippen LogP contribution in [0.4, 0.5) is 0 Å². The van der Waals surface area contributed by atoms with Crippen LogP contribution in [0.2, 0.25) is 0 Å². The van der Waals surface area contributed by atoms with Crippen molar-refractivity contribution in [1.29, 1.82) is 5.41 Å². The molecule has 0 saturated heterocycles. The average Bonchev–Trinajstić information content (AvgIpc) is 1.98. The molecule has 2 N–H and O–H groups in total. The summed E-state index contributed by atoms with van der Waals surface area (Å²) in [7, 11) is 0.